The van der Waals surface area contributed by atoms with Gasteiger partial charge in [-0.3, -0.25) is 4.79 Å². The van der Waals surface area contributed by atoms with Crippen molar-refractivity contribution in [2.24, 2.45) is 0 Å². The van der Waals surface area contributed by atoms with Gasteiger partial charge in [0.1, 0.15) is 12.0 Å². The third-order valence-electron chi connectivity index (χ3n) is 4.00. The first kappa shape index (κ1) is 17.6. The highest BCUT2D eigenvalue weighted by Gasteiger charge is 2.34. The largest absolute Gasteiger partial charge is 0.466 e. The van der Waals surface area contributed by atoms with Gasteiger partial charge in [0.25, 0.3) is 5.91 Å². The Morgan fingerprint density at radius 2 is 1.92 bits per heavy atom. The highest BCUT2D eigenvalue weighted by molar-refractivity contribution is 6.08. The molecule has 0 saturated carbocycles. The van der Waals surface area contributed by atoms with Crippen molar-refractivity contribution >= 4 is 17.6 Å². The van der Waals surface area contributed by atoms with Gasteiger partial charge < -0.3 is 20.1 Å². The number of β-amino-alcohol motifs (C(OH)–C–C–N with tert-alkyl or cyclic N) is 1. The second-order valence-electron chi connectivity index (χ2n) is 5.62. The SMILES string of the molecule is COC(=O)C1=C(Nc2ccc(-c3cncnc3)cc2)C(=O)N(CCO)C1. The van der Waals surface area contributed by atoms with Gasteiger partial charge in [-0.05, 0) is 17.7 Å². The molecule has 0 aliphatic carbocycles. The predicted octanol–water partition coefficient (Wildman–Crippen LogP) is 0.817. The third kappa shape index (κ3) is 3.55. The van der Waals surface area contributed by atoms with Gasteiger partial charge >= 0.3 is 5.97 Å². The number of methoxy groups -OCH3 is 1. The molecule has 0 saturated heterocycles. The minimum Gasteiger partial charge on any atom is -0.466 e. The number of ether oxygens (including phenoxy) is 1. The molecule has 3 rings (SSSR count). The van der Waals surface area contributed by atoms with Crippen LogP contribution in [0, 0.1) is 0 Å². The molecule has 1 aliphatic heterocycles. The number of aliphatic hydroxyl groups excluding tert-OH is 1. The number of amides is 1. The zero-order valence-electron chi connectivity index (χ0n) is 14.2. The van der Waals surface area contributed by atoms with Gasteiger partial charge in [0.2, 0.25) is 0 Å². The van der Waals surface area contributed by atoms with Crippen LogP contribution in [-0.4, -0.2) is 58.7 Å². The van der Waals surface area contributed by atoms with Crippen LogP contribution in [0.4, 0.5) is 5.69 Å². The van der Waals surface area contributed by atoms with Crippen LogP contribution in [0.5, 0.6) is 0 Å². The van der Waals surface area contributed by atoms with E-state index in [-0.39, 0.29) is 36.9 Å². The Bertz CT molecular complexity index is 834. The summed E-state index contributed by atoms with van der Waals surface area (Å²) in [5, 5.41) is 12.1. The third-order valence-corrected chi connectivity index (χ3v) is 4.00. The summed E-state index contributed by atoms with van der Waals surface area (Å²) in [4.78, 5) is 33.8. The van der Waals surface area contributed by atoms with E-state index in [2.05, 4.69) is 15.3 Å². The lowest BCUT2D eigenvalue weighted by Gasteiger charge is -2.15. The number of esters is 1. The average Bonchev–Trinajstić information content (AvgIpc) is 2.99. The molecular weight excluding hydrogens is 336 g/mol. The highest BCUT2D eigenvalue weighted by Crippen LogP contribution is 2.25. The van der Waals surface area contributed by atoms with Gasteiger partial charge in [-0.25, -0.2) is 14.8 Å². The molecule has 0 radical (unpaired) electrons. The van der Waals surface area contributed by atoms with E-state index < -0.39 is 5.97 Å². The van der Waals surface area contributed by atoms with Crippen molar-refractivity contribution in [3.63, 3.8) is 0 Å². The van der Waals surface area contributed by atoms with E-state index >= 15 is 0 Å². The molecule has 134 valence electrons. The molecule has 8 nitrogen and oxygen atoms in total. The second kappa shape index (κ2) is 7.75. The molecule has 2 heterocycles. The summed E-state index contributed by atoms with van der Waals surface area (Å²) in [5.74, 6) is -0.917. The van der Waals surface area contributed by atoms with Gasteiger partial charge in [-0.1, -0.05) is 12.1 Å². The van der Waals surface area contributed by atoms with Crippen molar-refractivity contribution < 1.29 is 19.4 Å². The molecule has 0 fully saturated rings. The standard InChI is InChI=1S/C18H18N4O4/c1-26-18(25)15-10-22(6-7-23)17(24)16(15)21-14-4-2-12(3-5-14)13-8-19-11-20-9-13/h2-5,8-9,11,21,23H,6-7,10H2,1H3. The van der Waals surface area contributed by atoms with Gasteiger partial charge in [0, 0.05) is 30.2 Å². The molecule has 1 amide bonds. The number of hydrogen-bond donors (Lipinski definition) is 2. The zero-order valence-corrected chi connectivity index (χ0v) is 14.2. The van der Waals surface area contributed by atoms with E-state index in [0.29, 0.717) is 5.69 Å². The van der Waals surface area contributed by atoms with Crippen LogP contribution < -0.4 is 5.32 Å². The quantitative estimate of drug-likeness (QED) is 0.740. The maximum Gasteiger partial charge on any atom is 0.337 e. The van der Waals surface area contributed by atoms with Crippen molar-refractivity contribution in [2.75, 3.05) is 32.1 Å². The van der Waals surface area contributed by atoms with Gasteiger partial charge in [-0.15, -0.1) is 0 Å². The monoisotopic (exact) mass is 354 g/mol. The molecule has 8 heteroatoms. The minimum atomic E-state index is -0.570. The van der Waals surface area contributed by atoms with Crippen LogP contribution >= 0.6 is 0 Å². The first-order chi connectivity index (χ1) is 12.6. The van der Waals surface area contributed by atoms with Crippen molar-refractivity contribution in [1.82, 2.24) is 14.9 Å². The topological polar surface area (TPSA) is 105 Å². The van der Waals surface area contributed by atoms with Crippen LogP contribution in [0.3, 0.4) is 0 Å². The molecule has 2 N–H and O–H groups in total. The van der Waals surface area contributed by atoms with E-state index in [0.717, 1.165) is 11.1 Å². The molecular formula is C18H18N4O4. The minimum absolute atomic E-state index is 0.105. The lowest BCUT2D eigenvalue weighted by atomic mass is 10.1. The van der Waals surface area contributed by atoms with E-state index in [4.69, 9.17) is 9.84 Å². The van der Waals surface area contributed by atoms with Crippen LogP contribution in [-0.2, 0) is 14.3 Å². The van der Waals surface area contributed by atoms with Crippen molar-refractivity contribution in [3.8, 4) is 11.1 Å². The Morgan fingerprint density at radius 1 is 1.23 bits per heavy atom. The van der Waals surface area contributed by atoms with E-state index in [1.807, 2.05) is 12.1 Å². The summed E-state index contributed by atoms with van der Waals surface area (Å²) >= 11 is 0. The average molecular weight is 354 g/mol. The summed E-state index contributed by atoms with van der Waals surface area (Å²) in [6, 6.07) is 7.33. The first-order valence-corrected chi connectivity index (χ1v) is 7.98. The second-order valence-corrected chi connectivity index (χ2v) is 5.62. The maximum absolute atomic E-state index is 12.5. The van der Waals surface area contributed by atoms with E-state index in [9.17, 15) is 9.59 Å². The summed E-state index contributed by atoms with van der Waals surface area (Å²) in [5.41, 5.74) is 2.87. The molecule has 26 heavy (non-hydrogen) atoms. The number of benzene rings is 1. The molecule has 0 bridgehead atoms. The fourth-order valence-electron chi connectivity index (χ4n) is 2.69. The lowest BCUT2D eigenvalue weighted by molar-refractivity contribution is -0.136. The summed E-state index contributed by atoms with van der Waals surface area (Å²) in [7, 11) is 1.27. The smallest absolute Gasteiger partial charge is 0.337 e. The fraction of sp³-hybridized carbons (Fsp3) is 0.222. The number of aromatic nitrogens is 2. The van der Waals surface area contributed by atoms with Crippen molar-refractivity contribution in [2.45, 2.75) is 0 Å². The molecule has 0 unspecified atom stereocenters. The first-order valence-electron chi connectivity index (χ1n) is 7.98. The summed E-state index contributed by atoms with van der Waals surface area (Å²) in [6.07, 6.45) is 4.88. The number of anilines is 1. The molecule has 0 spiro atoms. The molecule has 1 aromatic heterocycles. The maximum atomic E-state index is 12.5. The Kier molecular flexibility index (Phi) is 5.23. The zero-order chi connectivity index (χ0) is 18.5. The summed E-state index contributed by atoms with van der Waals surface area (Å²) < 4.78 is 4.76. The van der Waals surface area contributed by atoms with Crippen molar-refractivity contribution in [3.05, 3.63) is 54.3 Å². The Balaban J connectivity index is 1.83. The molecule has 2 aromatic rings. The normalized spacial score (nSPS) is 13.9. The number of carbonyl (C=O) groups excluding carboxylic acids is 2. The lowest BCUT2D eigenvalue weighted by Crippen LogP contribution is -2.31. The number of nitrogens with zero attached hydrogens (tertiary/aromatic N) is 3. The van der Waals surface area contributed by atoms with Gasteiger partial charge in [0.05, 0.1) is 25.8 Å². The molecule has 1 aromatic carbocycles. The van der Waals surface area contributed by atoms with E-state index in [1.165, 1.54) is 18.3 Å². The fourth-order valence-corrected chi connectivity index (χ4v) is 2.69. The van der Waals surface area contributed by atoms with Gasteiger partial charge in [-0.2, -0.15) is 0 Å². The Labute approximate surface area is 150 Å². The summed E-state index contributed by atoms with van der Waals surface area (Å²) in [6.45, 7) is 0.0760. The van der Waals surface area contributed by atoms with Crippen LogP contribution in [0.2, 0.25) is 0 Å². The van der Waals surface area contributed by atoms with Crippen molar-refractivity contribution in [1.29, 1.82) is 0 Å². The van der Waals surface area contributed by atoms with Crippen LogP contribution in [0.25, 0.3) is 11.1 Å². The number of aliphatic hydroxyl groups is 1. The van der Waals surface area contributed by atoms with E-state index in [1.54, 1.807) is 24.5 Å². The Morgan fingerprint density at radius 3 is 2.54 bits per heavy atom. The number of carbonyl (C=O) groups is 2. The number of rotatable bonds is 6. The van der Waals surface area contributed by atoms with Gasteiger partial charge in [0.15, 0.2) is 0 Å². The van der Waals surface area contributed by atoms with Crippen LogP contribution in [0.1, 0.15) is 0 Å². The number of hydrogen-bond acceptors (Lipinski definition) is 7. The van der Waals surface area contributed by atoms with Crippen LogP contribution in [0.15, 0.2) is 54.3 Å². The predicted molar refractivity (Wildman–Crippen MR) is 93.8 cm³/mol. The Hall–Kier alpha value is -3.26. The molecule has 1 aliphatic rings. The highest BCUT2D eigenvalue weighted by atomic mass is 16.5. The number of nitrogens with one attached hydrogen (secondary N) is 1. The molecule has 0 atom stereocenters.